The topological polar surface area (TPSA) is 23.3 Å². The standard InChI is InChI=1S/C5H12NO/c1-5(7-3)4-6-2/h5H,4H2,1-3H3. The maximum atomic E-state index is 4.90. The molecule has 0 aliphatic rings. The molecule has 0 aliphatic carbocycles. The molecule has 2 nitrogen and oxygen atoms in total. The molecule has 2 heteroatoms. The Bertz CT molecular complexity index is 39.1. The smallest absolute Gasteiger partial charge is 0.0684 e. The van der Waals surface area contributed by atoms with E-state index in [0.717, 1.165) is 6.54 Å². The van der Waals surface area contributed by atoms with E-state index in [1.165, 1.54) is 0 Å². The summed E-state index contributed by atoms with van der Waals surface area (Å²) in [5, 5.41) is 3.88. The van der Waals surface area contributed by atoms with Crippen molar-refractivity contribution < 1.29 is 4.74 Å². The highest BCUT2D eigenvalue weighted by atomic mass is 16.5. The summed E-state index contributed by atoms with van der Waals surface area (Å²) in [6.45, 7) is 2.80. The Kier molecular flexibility index (Phi) is 4.04. The summed E-state index contributed by atoms with van der Waals surface area (Å²) in [5.74, 6) is 0. The SMILES string of the molecule is C[N]CC(C)OC. The van der Waals surface area contributed by atoms with Crippen molar-refractivity contribution in [3.8, 4) is 0 Å². The molecular formula is C5H12NO. The molecule has 0 heterocycles. The van der Waals surface area contributed by atoms with Gasteiger partial charge in [0.1, 0.15) is 0 Å². The van der Waals surface area contributed by atoms with E-state index in [9.17, 15) is 0 Å². The van der Waals surface area contributed by atoms with Crippen molar-refractivity contribution in [2.24, 2.45) is 0 Å². The van der Waals surface area contributed by atoms with Crippen LogP contribution in [-0.2, 0) is 4.74 Å². The molecule has 0 saturated heterocycles. The van der Waals surface area contributed by atoms with E-state index in [0.29, 0.717) is 0 Å². The average Bonchev–Trinajstić information content (AvgIpc) is 1.68. The lowest BCUT2D eigenvalue weighted by molar-refractivity contribution is 0.118. The first-order valence-corrected chi connectivity index (χ1v) is 2.39. The first-order valence-electron chi connectivity index (χ1n) is 2.39. The summed E-state index contributed by atoms with van der Waals surface area (Å²) >= 11 is 0. The van der Waals surface area contributed by atoms with E-state index >= 15 is 0 Å². The Morgan fingerprint density at radius 2 is 2.29 bits per heavy atom. The van der Waals surface area contributed by atoms with E-state index in [-0.39, 0.29) is 6.10 Å². The second kappa shape index (κ2) is 4.09. The highest BCUT2D eigenvalue weighted by molar-refractivity contribution is 4.47. The second-order valence-corrected chi connectivity index (χ2v) is 1.55. The number of methoxy groups -OCH3 is 1. The highest BCUT2D eigenvalue weighted by Crippen LogP contribution is 1.81. The summed E-state index contributed by atoms with van der Waals surface area (Å²) in [5.41, 5.74) is 0. The first-order chi connectivity index (χ1) is 3.31. The fourth-order valence-corrected chi connectivity index (χ4v) is 0.332. The quantitative estimate of drug-likeness (QED) is 0.501. The molecule has 0 spiro atoms. The molecule has 0 aromatic rings. The lowest BCUT2D eigenvalue weighted by atomic mass is 10.4. The Morgan fingerprint density at radius 1 is 1.71 bits per heavy atom. The zero-order chi connectivity index (χ0) is 5.70. The van der Waals surface area contributed by atoms with Crippen LogP contribution in [0.15, 0.2) is 0 Å². The van der Waals surface area contributed by atoms with Gasteiger partial charge >= 0.3 is 0 Å². The maximum Gasteiger partial charge on any atom is 0.0684 e. The van der Waals surface area contributed by atoms with Crippen molar-refractivity contribution in [3.63, 3.8) is 0 Å². The molecular weight excluding hydrogens is 90.1 g/mol. The van der Waals surface area contributed by atoms with Gasteiger partial charge in [0.2, 0.25) is 0 Å². The maximum absolute atomic E-state index is 4.90. The number of ether oxygens (including phenoxy) is 1. The third kappa shape index (κ3) is 3.76. The van der Waals surface area contributed by atoms with Crippen LogP contribution in [0.25, 0.3) is 0 Å². The van der Waals surface area contributed by atoms with Gasteiger partial charge in [0.15, 0.2) is 0 Å². The van der Waals surface area contributed by atoms with E-state index in [1.807, 2.05) is 6.92 Å². The number of hydrogen-bond acceptors (Lipinski definition) is 1. The minimum atomic E-state index is 0.282. The minimum absolute atomic E-state index is 0.282. The second-order valence-electron chi connectivity index (χ2n) is 1.55. The molecule has 1 radical (unpaired) electrons. The van der Waals surface area contributed by atoms with E-state index in [4.69, 9.17) is 4.74 Å². The predicted octanol–water partition coefficient (Wildman–Crippen LogP) is 0.256. The summed E-state index contributed by atoms with van der Waals surface area (Å²) in [6.07, 6.45) is 0.282. The largest absolute Gasteiger partial charge is 0.380 e. The van der Waals surface area contributed by atoms with Gasteiger partial charge in [-0.25, -0.2) is 5.32 Å². The number of rotatable bonds is 3. The number of likely N-dealkylation sites (N-methyl/N-ethyl adjacent to an activating group) is 1. The van der Waals surface area contributed by atoms with Gasteiger partial charge in [0.05, 0.1) is 6.10 Å². The lowest BCUT2D eigenvalue weighted by Gasteiger charge is -2.04. The third-order valence-corrected chi connectivity index (χ3v) is 0.842. The Hall–Kier alpha value is -0.0800. The average molecular weight is 102 g/mol. The van der Waals surface area contributed by atoms with Crippen molar-refractivity contribution in [1.29, 1.82) is 0 Å². The van der Waals surface area contributed by atoms with Gasteiger partial charge in [0.25, 0.3) is 0 Å². The molecule has 1 unspecified atom stereocenters. The van der Waals surface area contributed by atoms with Crippen molar-refractivity contribution >= 4 is 0 Å². The molecule has 0 rings (SSSR count). The van der Waals surface area contributed by atoms with Crippen LogP contribution in [0.1, 0.15) is 6.92 Å². The first kappa shape index (κ1) is 6.92. The summed E-state index contributed by atoms with van der Waals surface area (Å²) in [4.78, 5) is 0. The van der Waals surface area contributed by atoms with Crippen LogP contribution in [0.5, 0.6) is 0 Å². The van der Waals surface area contributed by atoms with Crippen LogP contribution in [-0.4, -0.2) is 26.8 Å². The van der Waals surface area contributed by atoms with Crippen LogP contribution in [0, 0.1) is 0 Å². The molecule has 43 valence electrons. The van der Waals surface area contributed by atoms with Crippen LogP contribution in [0.4, 0.5) is 0 Å². The number of hydrogen-bond donors (Lipinski definition) is 0. The van der Waals surface area contributed by atoms with Gasteiger partial charge in [-0.05, 0) is 6.92 Å². The summed E-state index contributed by atoms with van der Waals surface area (Å²) in [7, 11) is 3.48. The molecule has 0 aliphatic heterocycles. The third-order valence-electron chi connectivity index (χ3n) is 0.842. The molecule has 0 saturated carbocycles. The van der Waals surface area contributed by atoms with Crippen molar-refractivity contribution in [2.45, 2.75) is 13.0 Å². The Morgan fingerprint density at radius 3 is 2.43 bits per heavy atom. The van der Waals surface area contributed by atoms with Crippen LogP contribution >= 0.6 is 0 Å². The molecule has 7 heavy (non-hydrogen) atoms. The van der Waals surface area contributed by atoms with Crippen molar-refractivity contribution in [2.75, 3.05) is 20.7 Å². The predicted molar refractivity (Wildman–Crippen MR) is 29.4 cm³/mol. The lowest BCUT2D eigenvalue weighted by Crippen LogP contribution is -2.17. The van der Waals surface area contributed by atoms with Crippen molar-refractivity contribution in [3.05, 3.63) is 0 Å². The molecule has 0 amide bonds. The Labute approximate surface area is 44.9 Å². The van der Waals surface area contributed by atoms with Gasteiger partial charge in [-0.1, -0.05) is 0 Å². The highest BCUT2D eigenvalue weighted by Gasteiger charge is 1.93. The van der Waals surface area contributed by atoms with Crippen LogP contribution in [0.3, 0.4) is 0 Å². The van der Waals surface area contributed by atoms with Crippen LogP contribution < -0.4 is 5.32 Å². The normalized spacial score (nSPS) is 14.1. The molecule has 0 fully saturated rings. The van der Waals surface area contributed by atoms with Gasteiger partial charge in [0, 0.05) is 20.7 Å². The van der Waals surface area contributed by atoms with E-state index < -0.39 is 0 Å². The fourth-order valence-electron chi connectivity index (χ4n) is 0.332. The fraction of sp³-hybridized carbons (Fsp3) is 1.00. The monoisotopic (exact) mass is 102 g/mol. The molecule has 0 aromatic carbocycles. The summed E-state index contributed by atoms with van der Waals surface area (Å²) in [6, 6.07) is 0. The molecule has 0 aromatic heterocycles. The van der Waals surface area contributed by atoms with Crippen LogP contribution in [0.2, 0.25) is 0 Å². The molecule has 1 atom stereocenters. The Balaban J connectivity index is 2.83. The molecule has 0 bridgehead atoms. The zero-order valence-corrected chi connectivity index (χ0v) is 5.14. The van der Waals surface area contributed by atoms with Gasteiger partial charge in [-0.2, -0.15) is 0 Å². The zero-order valence-electron chi connectivity index (χ0n) is 5.14. The molecule has 0 N–H and O–H groups in total. The van der Waals surface area contributed by atoms with E-state index in [2.05, 4.69) is 5.32 Å². The van der Waals surface area contributed by atoms with Crippen molar-refractivity contribution in [1.82, 2.24) is 5.32 Å². The van der Waals surface area contributed by atoms with Gasteiger partial charge in [-0.3, -0.25) is 0 Å². The minimum Gasteiger partial charge on any atom is -0.380 e. The van der Waals surface area contributed by atoms with Gasteiger partial charge in [-0.15, -0.1) is 0 Å². The van der Waals surface area contributed by atoms with E-state index in [1.54, 1.807) is 14.2 Å². The number of nitrogens with zero attached hydrogens (tertiary/aromatic N) is 1. The summed E-state index contributed by atoms with van der Waals surface area (Å²) < 4.78 is 4.90. The van der Waals surface area contributed by atoms with Gasteiger partial charge < -0.3 is 4.74 Å².